The molecule has 0 saturated carbocycles. The number of β-amino-alcohol motifs (C(OH)–C–C–N with tert-alkyl or cyclic N) is 1. The predicted molar refractivity (Wildman–Crippen MR) is 82.6 cm³/mol. The number of aliphatic hydroxyl groups excluding tert-OH is 1. The van der Waals surface area contributed by atoms with E-state index >= 15 is 0 Å². The molecule has 112 valence electrons. The van der Waals surface area contributed by atoms with Gasteiger partial charge in [-0.3, -0.25) is 4.90 Å². The molecule has 1 aromatic heterocycles. The summed E-state index contributed by atoms with van der Waals surface area (Å²) in [4.78, 5) is 6.87. The van der Waals surface area contributed by atoms with Gasteiger partial charge in [0.2, 0.25) is 0 Å². The maximum absolute atomic E-state index is 12.9. The van der Waals surface area contributed by atoms with E-state index in [1.807, 2.05) is 5.38 Å². The van der Waals surface area contributed by atoms with Gasteiger partial charge in [0.1, 0.15) is 10.8 Å². The van der Waals surface area contributed by atoms with Crippen LogP contribution in [0.15, 0.2) is 29.6 Å². The minimum Gasteiger partial charge on any atom is -0.392 e. The largest absolute Gasteiger partial charge is 0.392 e. The highest BCUT2D eigenvalue weighted by Gasteiger charge is 2.24. The number of aromatic nitrogens is 1. The average Bonchev–Trinajstić information content (AvgIpc) is 2.92. The number of hydrogen-bond donors (Lipinski definition) is 1. The third-order valence-corrected chi connectivity index (χ3v) is 4.97. The first-order chi connectivity index (χ1) is 10.1. The van der Waals surface area contributed by atoms with Gasteiger partial charge in [0.25, 0.3) is 0 Å². The lowest BCUT2D eigenvalue weighted by molar-refractivity contribution is 0.0255. The summed E-state index contributed by atoms with van der Waals surface area (Å²) < 4.78 is 12.9. The van der Waals surface area contributed by atoms with Crippen molar-refractivity contribution in [2.75, 3.05) is 13.1 Å². The summed E-state index contributed by atoms with van der Waals surface area (Å²) in [5.74, 6) is 0.151. The van der Waals surface area contributed by atoms with Crippen molar-refractivity contribution in [1.82, 2.24) is 9.88 Å². The van der Waals surface area contributed by atoms with E-state index in [9.17, 15) is 9.50 Å². The Bertz CT molecular complexity index is 599. The van der Waals surface area contributed by atoms with Gasteiger partial charge in [-0.1, -0.05) is 6.92 Å². The summed E-state index contributed by atoms with van der Waals surface area (Å²) in [6.45, 7) is 4.57. The van der Waals surface area contributed by atoms with E-state index < -0.39 is 0 Å². The van der Waals surface area contributed by atoms with E-state index in [2.05, 4.69) is 16.8 Å². The maximum atomic E-state index is 12.9. The van der Waals surface area contributed by atoms with Gasteiger partial charge in [0, 0.05) is 24.0 Å². The number of benzene rings is 1. The van der Waals surface area contributed by atoms with E-state index in [0.29, 0.717) is 12.5 Å². The highest BCUT2D eigenvalue weighted by atomic mass is 32.1. The predicted octanol–water partition coefficient (Wildman–Crippen LogP) is 3.15. The van der Waals surface area contributed by atoms with Gasteiger partial charge in [0.05, 0.1) is 11.8 Å². The van der Waals surface area contributed by atoms with Crippen LogP contribution >= 0.6 is 11.3 Å². The standard InChI is InChI=1S/C16H19FN2OS/c1-11-6-7-19(9-15(11)20)8-14-10-21-16(18-14)12-2-4-13(17)5-3-12/h2-5,10-11,15,20H,6-9H2,1H3. The smallest absolute Gasteiger partial charge is 0.123 e. The van der Waals surface area contributed by atoms with Crippen molar-refractivity contribution in [2.24, 2.45) is 5.92 Å². The lowest BCUT2D eigenvalue weighted by Crippen LogP contribution is -2.42. The Morgan fingerprint density at radius 1 is 1.38 bits per heavy atom. The van der Waals surface area contributed by atoms with E-state index in [4.69, 9.17) is 0 Å². The molecule has 1 N–H and O–H groups in total. The minimum atomic E-state index is -0.242. The first-order valence-electron chi connectivity index (χ1n) is 7.22. The van der Waals surface area contributed by atoms with Gasteiger partial charge in [-0.25, -0.2) is 9.37 Å². The van der Waals surface area contributed by atoms with Crippen molar-refractivity contribution in [3.8, 4) is 10.6 Å². The van der Waals surface area contributed by atoms with Crippen LogP contribution in [0.2, 0.25) is 0 Å². The molecule has 0 bridgehead atoms. The fraction of sp³-hybridized carbons (Fsp3) is 0.438. The molecule has 5 heteroatoms. The number of halogens is 1. The zero-order valence-corrected chi connectivity index (χ0v) is 12.8. The van der Waals surface area contributed by atoms with Crippen LogP contribution in [0.1, 0.15) is 19.0 Å². The molecule has 2 unspecified atom stereocenters. The van der Waals surface area contributed by atoms with Gasteiger partial charge in [-0.05, 0) is 43.1 Å². The van der Waals surface area contributed by atoms with Crippen LogP contribution in [0.25, 0.3) is 10.6 Å². The molecular weight excluding hydrogens is 287 g/mol. The van der Waals surface area contributed by atoms with E-state index in [0.717, 1.165) is 35.8 Å². The Labute approximate surface area is 128 Å². The van der Waals surface area contributed by atoms with Gasteiger partial charge in [-0.15, -0.1) is 11.3 Å². The molecule has 1 fully saturated rings. The molecule has 21 heavy (non-hydrogen) atoms. The third kappa shape index (κ3) is 3.48. The van der Waals surface area contributed by atoms with Crippen LogP contribution in [0.5, 0.6) is 0 Å². The Kier molecular flexibility index (Phi) is 4.33. The van der Waals surface area contributed by atoms with Crippen LogP contribution in [0, 0.1) is 11.7 Å². The number of likely N-dealkylation sites (tertiary alicyclic amines) is 1. The van der Waals surface area contributed by atoms with Gasteiger partial charge in [-0.2, -0.15) is 0 Å². The number of thiazole rings is 1. The number of piperidine rings is 1. The van der Waals surface area contributed by atoms with E-state index in [1.165, 1.54) is 12.1 Å². The van der Waals surface area contributed by atoms with Crippen molar-refractivity contribution in [2.45, 2.75) is 26.0 Å². The van der Waals surface area contributed by atoms with Gasteiger partial charge >= 0.3 is 0 Å². The van der Waals surface area contributed by atoms with Gasteiger partial charge in [0.15, 0.2) is 0 Å². The fourth-order valence-electron chi connectivity index (χ4n) is 2.59. The molecule has 3 rings (SSSR count). The molecule has 3 nitrogen and oxygen atoms in total. The van der Waals surface area contributed by atoms with Gasteiger partial charge < -0.3 is 5.11 Å². The third-order valence-electron chi connectivity index (χ3n) is 4.03. The molecule has 2 aromatic rings. The zero-order chi connectivity index (χ0) is 14.8. The lowest BCUT2D eigenvalue weighted by atomic mass is 9.96. The molecule has 1 aliphatic rings. The topological polar surface area (TPSA) is 36.4 Å². The summed E-state index contributed by atoms with van der Waals surface area (Å²) in [6.07, 6.45) is 0.782. The van der Waals surface area contributed by atoms with Crippen molar-refractivity contribution in [1.29, 1.82) is 0 Å². The molecule has 1 saturated heterocycles. The monoisotopic (exact) mass is 306 g/mol. The molecule has 2 heterocycles. The Morgan fingerprint density at radius 3 is 2.86 bits per heavy atom. The minimum absolute atomic E-state index is 0.230. The summed E-state index contributed by atoms with van der Waals surface area (Å²) in [5.41, 5.74) is 1.96. The van der Waals surface area contributed by atoms with Crippen molar-refractivity contribution in [3.63, 3.8) is 0 Å². The Hall–Kier alpha value is -1.30. The first-order valence-corrected chi connectivity index (χ1v) is 8.10. The quantitative estimate of drug-likeness (QED) is 0.946. The van der Waals surface area contributed by atoms with Crippen LogP contribution < -0.4 is 0 Å². The normalized spacial score (nSPS) is 23.4. The number of aliphatic hydroxyl groups is 1. The van der Waals surface area contributed by atoms with Crippen molar-refractivity contribution < 1.29 is 9.50 Å². The average molecular weight is 306 g/mol. The summed E-state index contributed by atoms with van der Waals surface area (Å²) in [7, 11) is 0. The summed E-state index contributed by atoms with van der Waals surface area (Å²) in [6, 6.07) is 6.42. The molecular formula is C16H19FN2OS. The van der Waals surface area contributed by atoms with Crippen molar-refractivity contribution in [3.05, 3.63) is 41.2 Å². The van der Waals surface area contributed by atoms with E-state index in [-0.39, 0.29) is 11.9 Å². The fourth-order valence-corrected chi connectivity index (χ4v) is 3.41. The van der Waals surface area contributed by atoms with Crippen LogP contribution in [0.3, 0.4) is 0 Å². The summed E-state index contributed by atoms with van der Waals surface area (Å²) >= 11 is 1.58. The molecule has 2 atom stereocenters. The Balaban J connectivity index is 1.66. The second kappa shape index (κ2) is 6.22. The molecule has 0 amide bonds. The second-order valence-corrected chi connectivity index (χ2v) is 6.58. The second-order valence-electron chi connectivity index (χ2n) is 5.72. The molecule has 1 aromatic carbocycles. The van der Waals surface area contributed by atoms with Crippen LogP contribution in [-0.4, -0.2) is 34.2 Å². The number of rotatable bonds is 3. The maximum Gasteiger partial charge on any atom is 0.123 e. The molecule has 0 aliphatic carbocycles. The van der Waals surface area contributed by atoms with E-state index in [1.54, 1.807) is 23.5 Å². The molecule has 0 spiro atoms. The highest BCUT2D eigenvalue weighted by molar-refractivity contribution is 7.13. The number of hydrogen-bond acceptors (Lipinski definition) is 4. The highest BCUT2D eigenvalue weighted by Crippen LogP contribution is 2.25. The Morgan fingerprint density at radius 2 is 2.14 bits per heavy atom. The number of nitrogens with zero attached hydrogens (tertiary/aromatic N) is 2. The molecule has 1 aliphatic heterocycles. The zero-order valence-electron chi connectivity index (χ0n) is 12.0. The SMILES string of the molecule is CC1CCN(Cc2csc(-c3ccc(F)cc3)n2)CC1O. The summed E-state index contributed by atoms with van der Waals surface area (Å²) in [5, 5.41) is 12.9. The van der Waals surface area contributed by atoms with Crippen molar-refractivity contribution >= 4 is 11.3 Å². The van der Waals surface area contributed by atoms with Crippen LogP contribution in [0.4, 0.5) is 4.39 Å². The first kappa shape index (κ1) is 14.6. The molecule has 0 radical (unpaired) electrons. The lowest BCUT2D eigenvalue weighted by Gasteiger charge is -2.33. The van der Waals surface area contributed by atoms with Crippen LogP contribution in [-0.2, 0) is 6.54 Å².